The molecular formula is C3H5Cl2F3O. The molecule has 0 radical (unpaired) electrons. The summed E-state index contributed by atoms with van der Waals surface area (Å²) in [5.74, 6) is 0. The number of aliphatic hydroxyl groups excluding tert-OH is 1. The largest absolute Gasteiger partial charge is 0.411 e. The van der Waals surface area contributed by atoms with Gasteiger partial charge in [0.25, 0.3) is 0 Å². The molecule has 0 aliphatic carbocycles. The Hall–Kier alpha value is 0.330. The van der Waals surface area contributed by atoms with E-state index in [0.29, 0.717) is 0 Å². The zero-order chi connectivity index (χ0) is 7.91. The van der Waals surface area contributed by atoms with Gasteiger partial charge >= 0.3 is 6.18 Å². The second-order valence-electron chi connectivity index (χ2n) is 0.874. The predicted octanol–water partition coefficient (Wildman–Crippen LogP) is 1.96. The topological polar surface area (TPSA) is 20.2 Å². The predicted molar refractivity (Wildman–Crippen MR) is 29.7 cm³/mol. The molecule has 0 aliphatic rings. The van der Waals surface area contributed by atoms with E-state index in [-0.39, 0.29) is 5.34 Å². The van der Waals surface area contributed by atoms with Gasteiger partial charge in [0.15, 0.2) is 0 Å². The lowest BCUT2D eigenvalue weighted by molar-refractivity contribution is -0.159. The minimum atomic E-state index is -4.40. The van der Waals surface area contributed by atoms with E-state index in [1.165, 1.54) is 0 Å². The van der Waals surface area contributed by atoms with E-state index in [2.05, 4.69) is 0 Å². The highest BCUT2D eigenvalue weighted by molar-refractivity contribution is 6.40. The van der Waals surface area contributed by atoms with Crippen molar-refractivity contribution in [2.75, 3.05) is 11.9 Å². The Kier molecular flexibility index (Phi) is 8.64. The molecule has 0 spiro atoms. The molecule has 0 bridgehead atoms. The van der Waals surface area contributed by atoms with Gasteiger partial charge in [-0.15, -0.1) is 23.2 Å². The van der Waals surface area contributed by atoms with Crippen molar-refractivity contribution in [1.82, 2.24) is 0 Å². The lowest BCUT2D eigenvalue weighted by Gasteiger charge is -1.95. The first kappa shape index (κ1) is 12.0. The van der Waals surface area contributed by atoms with E-state index in [4.69, 9.17) is 28.3 Å². The Morgan fingerprint density at radius 2 is 1.33 bits per heavy atom. The van der Waals surface area contributed by atoms with Gasteiger partial charge in [-0.2, -0.15) is 13.2 Å². The van der Waals surface area contributed by atoms with Crippen LogP contribution in [0.1, 0.15) is 0 Å². The average Bonchev–Trinajstić information content (AvgIpc) is 1.67. The fraction of sp³-hybridized carbons (Fsp3) is 1.00. The van der Waals surface area contributed by atoms with Gasteiger partial charge < -0.3 is 5.11 Å². The standard InChI is InChI=1S/C2H3F3O.CH2Cl2/c3-2(4,5)1-6;2-1-3/h6H,1H2;1H2. The van der Waals surface area contributed by atoms with Crippen LogP contribution in [0.4, 0.5) is 13.2 Å². The van der Waals surface area contributed by atoms with Gasteiger partial charge in [-0.3, -0.25) is 0 Å². The molecule has 0 amide bonds. The van der Waals surface area contributed by atoms with Crippen molar-refractivity contribution in [3.8, 4) is 0 Å². The van der Waals surface area contributed by atoms with Gasteiger partial charge in [0.2, 0.25) is 0 Å². The molecule has 58 valence electrons. The number of hydrogen-bond donors (Lipinski definition) is 1. The quantitative estimate of drug-likeness (QED) is 0.572. The zero-order valence-corrected chi connectivity index (χ0v) is 5.76. The third-order valence-corrected chi connectivity index (χ3v) is 0.179. The Morgan fingerprint density at radius 3 is 1.33 bits per heavy atom. The molecule has 0 fully saturated rings. The number of hydrogen-bond acceptors (Lipinski definition) is 1. The highest BCUT2D eigenvalue weighted by Crippen LogP contribution is 2.11. The molecule has 0 aromatic heterocycles. The molecule has 0 saturated carbocycles. The van der Waals surface area contributed by atoms with Gasteiger partial charge in [-0.05, 0) is 0 Å². The monoisotopic (exact) mass is 184 g/mol. The summed E-state index contributed by atoms with van der Waals surface area (Å²) >= 11 is 9.53. The molecular weight excluding hydrogens is 180 g/mol. The number of alkyl halides is 5. The number of halogens is 5. The van der Waals surface area contributed by atoms with Crippen molar-refractivity contribution in [3.63, 3.8) is 0 Å². The average molecular weight is 185 g/mol. The van der Waals surface area contributed by atoms with Crippen molar-refractivity contribution < 1.29 is 18.3 Å². The van der Waals surface area contributed by atoms with Crippen LogP contribution in [-0.2, 0) is 0 Å². The van der Waals surface area contributed by atoms with E-state index in [0.717, 1.165) is 0 Å². The van der Waals surface area contributed by atoms with Crippen molar-refractivity contribution in [2.45, 2.75) is 6.18 Å². The third kappa shape index (κ3) is 30.1. The number of rotatable bonds is 0. The maximum absolute atomic E-state index is 10.5. The summed E-state index contributed by atoms with van der Waals surface area (Å²) in [7, 11) is 0. The highest BCUT2D eigenvalue weighted by atomic mass is 35.5. The smallest absolute Gasteiger partial charge is 0.387 e. The molecule has 0 aliphatic heterocycles. The van der Waals surface area contributed by atoms with Crippen LogP contribution in [0.2, 0.25) is 0 Å². The van der Waals surface area contributed by atoms with Crippen molar-refractivity contribution >= 4 is 23.2 Å². The van der Waals surface area contributed by atoms with E-state index < -0.39 is 12.8 Å². The van der Waals surface area contributed by atoms with E-state index in [9.17, 15) is 13.2 Å². The van der Waals surface area contributed by atoms with Gasteiger partial charge in [-0.1, -0.05) is 0 Å². The van der Waals surface area contributed by atoms with Crippen molar-refractivity contribution in [1.29, 1.82) is 0 Å². The molecule has 0 saturated heterocycles. The molecule has 6 heteroatoms. The van der Waals surface area contributed by atoms with Crippen LogP contribution in [0.15, 0.2) is 0 Å². The van der Waals surface area contributed by atoms with Gasteiger partial charge in [0.1, 0.15) is 6.61 Å². The van der Waals surface area contributed by atoms with Crippen LogP contribution < -0.4 is 0 Å². The summed E-state index contributed by atoms with van der Waals surface area (Å²) in [5.41, 5.74) is 0. The summed E-state index contributed by atoms with van der Waals surface area (Å²) in [6, 6.07) is 0. The molecule has 0 atom stereocenters. The van der Waals surface area contributed by atoms with Crippen LogP contribution >= 0.6 is 23.2 Å². The molecule has 0 aromatic rings. The van der Waals surface area contributed by atoms with Crippen LogP contribution in [-0.4, -0.2) is 23.2 Å². The normalized spacial score (nSPS) is 10.0. The second kappa shape index (κ2) is 6.45. The Bertz CT molecular complexity index is 55.5. The summed E-state index contributed by atoms with van der Waals surface area (Å²) in [5, 5.41) is 7.47. The lowest BCUT2D eigenvalue weighted by atomic mass is 10.7. The maximum Gasteiger partial charge on any atom is 0.411 e. The van der Waals surface area contributed by atoms with Crippen LogP contribution in [0.5, 0.6) is 0 Å². The third-order valence-electron chi connectivity index (χ3n) is 0.179. The molecule has 1 nitrogen and oxygen atoms in total. The first-order valence-electron chi connectivity index (χ1n) is 1.77. The van der Waals surface area contributed by atoms with E-state index in [1.807, 2.05) is 0 Å². The Labute approximate surface area is 60.4 Å². The molecule has 1 N–H and O–H groups in total. The zero-order valence-electron chi connectivity index (χ0n) is 4.25. The minimum absolute atomic E-state index is 0.194. The fourth-order valence-electron chi connectivity index (χ4n) is 0. The Balaban J connectivity index is 0. The van der Waals surface area contributed by atoms with Crippen molar-refractivity contribution in [2.24, 2.45) is 0 Å². The summed E-state index contributed by atoms with van der Waals surface area (Å²) in [4.78, 5) is 0. The summed E-state index contributed by atoms with van der Waals surface area (Å²) in [6.07, 6.45) is -4.40. The molecule has 0 aromatic carbocycles. The minimum Gasteiger partial charge on any atom is -0.387 e. The molecule has 9 heavy (non-hydrogen) atoms. The van der Waals surface area contributed by atoms with Crippen LogP contribution in [0.3, 0.4) is 0 Å². The molecule has 0 rings (SSSR count). The first-order valence-corrected chi connectivity index (χ1v) is 2.84. The Morgan fingerprint density at radius 1 is 1.22 bits per heavy atom. The first-order chi connectivity index (χ1) is 3.97. The lowest BCUT2D eigenvalue weighted by Crippen LogP contribution is -2.12. The van der Waals surface area contributed by atoms with Crippen LogP contribution in [0.25, 0.3) is 0 Å². The maximum atomic E-state index is 10.5. The molecule has 0 unspecified atom stereocenters. The highest BCUT2D eigenvalue weighted by Gasteiger charge is 2.24. The van der Waals surface area contributed by atoms with E-state index >= 15 is 0 Å². The summed E-state index contributed by atoms with van der Waals surface area (Å²) in [6.45, 7) is -1.73. The summed E-state index contributed by atoms with van der Waals surface area (Å²) < 4.78 is 31.6. The van der Waals surface area contributed by atoms with Crippen LogP contribution in [0, 0.1) is 0 Å². The van der Waals surface area contributed by atoms with Crippen molar-refractivity contribution in [3.05, 3.63) is 0 Å². The second-order valence-corrected chi connectivity index (χ2v) is 1.68. The van der Waals surface area contributed by atoms with Gasteiger partial charge in [-0.25, -0.2) is 0 Å². The van der Waals surface area contributed by atoms with E-state index in [1.54, 1.807) is 0 Å². The fourth-order valence-corrected chi connectivity index (χ4v) is 0. The number of aliphatic hydroxyl groups is 1. The SMILES string of the molecule is ClCCl.OCC(F)(F)F. The van der Waals surface area contributed by atoms with Gasteiger partial charge in [0.05, 0.1) is 5.34 Å². The molecule has 0 heterocycles. The van der Waals surface area contributed by atoms with Gasteiger partial charge in [0, 0.05) is 0 Å².